The third-order valence-electron chi connectivity index (χ3n) is 3.52. The number of carbonyl (C=O) groups is 1. The van der Waals surface area contributed by atoms with Crippen molar-refractivity contribution in [1.29, 1.82) is 5.26 Å². The van der Waals surface area contributed by atoms with E-state index in [9.17, 15) is 9.59 Å². The Bertz CT molecular complexity index is 945. The van der Waals surface area contributed by atoms with Crippen LogP contribution in [-0.2, 0) is 11.2 Å². The summed E-state index contributed by atoms with van der Waals surface area (Å²) in [4.78, 5) is 28.5. The van der Waals surface area contributed by atoms with Crippen LogP contribution in [0.25, 0.3) is 11.0 Å². The lowest BCUT2D eigenvalue weighted by atomic mass is 10.1. The van der Waals surface area contributed by atoms with Crippen LogP contribution in [0, 0.1) is 11.3 Å². The lowest BCUT2D eigenvalue weighted by molar-refractivity contribution is -0.116. The lowest BCUT2D eigenvalue weighted by Gasteiger charge is -2.05. The number of benzene rings is 2. The van der Waals surface area contributed by atoms with Crippen LogP contribution in [0.3, 0.4) is 0 Å². The number of anilines is 1. The zero-order valence-corrected chi connectivity index (χ0v) is 12.2. The molecule has 0 unspecified atom stereocenters. The molecule has 0 spiro atoms. The summed E-state index contributed by atoms with van der Waals surface area (Å²) in [5.74, 6) is -0.105. The Morgan fingerprint density at radius 3 is 2.57 bits per heavy atom. The zero-order chi connectivity index (χ0) is 16.2. The third-order valence-corrected chi connectivity index (χ3v) is 3.52. The quantitative estimate of drug-likeness (QED) is 0.689. The Balaban J connectivity index is 1.61. The first-order chi connectivity index (χ1) is 11.1. The topological polar surface area (TPSA) is 102 Å². The maximum atomic E-state index is 12.0. The standard InChI is InChI=1S/C17H14N4O2/c18-10-12-3-1-11(2-4-12)5-8-16(22)19-13-6-7-14-15(9-13)21-17(23)20-14/h1-4,6-7,9H,5,8H2,(H,19,22)(H2,20,21,23). The molecule has 3 aromatic rings. The van der Waals surface area contributed by atoms with E-state index in [0.717, 1.165) is 5.56 Å². The Morgan fingerprint density at radius 1 is 1.09 bits per heavy atom. The SMILES string of the molecule is N#Cc1ccc(CCC(=O)Nc2ccc3[nH]c(=O)[nH]c3c2)cc1. The van der Waals surface area contributed by atoms with Crippen molar-refractivity contribution in [3.63, 3.8) is 0 Å². The molecule has 0 saturated heterocycles. The fraction of sp³-hybridized carbons (Fsp3) is 0.118. The molecule has 114 valence electrons. The normalized spacial score (nSPS) is 10.4. The van der Waals surface area contributed by atoms with Gasteiger partial charge in [0.1, 0.15) is 0 Å². The molecule has 1 amide bonds. The van der Waals surface area contributed by atoms with Crippen LogP contribution in [0.5, 0.6) is 0 Å². The molecule has 2 aromatic carbocycles. The molecule has 0 fully saturated rings. The summed E-state index contributed by atoms with van der Waals surface area (Å²) in [6, 6.07) is 14.4. The first-order valence-corrected chi connectivity index (χ1v) is 7.15. The van der Waals surface area contributed by atoms with Gasteiger partial charge < -0.3 is 15.3 Å². The molecular formula is C17H14N4O2. The highest BCUT2D eigenvalue weighted by Crippen LogP contribution is 2.15. The maximum absolute atomic E-state index is 12.0. The van der Waals surface area contributed by atoms with Gasteiger partial charge in [0.05, 0.1) is 22.7 Å². The van der Waals surface area contributed by atoms with Gasteiger partial charge >= 0.3 is 5.69 Å². The number of carbonyl (C=O) groups excluding carboxylic acids is 1. The molecule has 6 heteroatoms. The molecule has 0 saturated carbocycles. The Labute approximate surface area is 131 Å². The number of aryl methyl sites for hydroxylation is 1. The van der Waals surface area contributed by atoms with E-state index in [1.54, 1.807) is 30.3 Å². The highest BCUT2D eigenvalue weighted by Gasteiger charge is 2.05. The highest BCUT2D eigenvalue weighted by atomic mass is 16.1. The maximum Gasteiger partial charge on any atom is 0.323 e. The Hall–Kier alpha value is -3.33. The molecule has 3 N–H and O–H groups in total. The van der Waals surface area contributed by atoms with Crippen LogP contribution < -0.4 is 11.0 Å². The minimum absolute atomic E-state index is 0.105. The minimum Gasteiger partial charge on any atom is -0.326 e. The summed E-state index contributed by atoms with van der Waals surface area (Å²) in [6.45, 7) is 0. The monoisotopic (exact) mass is 306 g/mol. The Morgan fingerprint density at radius 2 is 1.83 bits per heavy atom. The molecule has 0 atom stereocenters. The van der Waals surface area contributed by atoms with E-state index in [2.05, 4.69) is 21.4 Å². The van der Waals surface area contributed by atoms with Crippen LogP contribution in [0.2, 0.25) is 0 Å². The number of imidazole rings is 1. The van der Waals surface area contributed by atoms with Gasteiger partial charge in [-0.2, -0.15) is 5.26 Å². The van der Waals surface area contributed by atoms with E-state index < -0.39 is 0 Å². The highest BCUT2D eigenvalue weighted by molar-refractivity contribution is 5.93. The molecular weight excluding hydrogens is 292 g/mol. The number of nitriles is 1. The molecule has 0 radical (unpaired) electrons. The number of hydrogen-bond acceptors (Lipinski definition) is 3. The number of H-pyrrole nitrogens is 2. The molecule has 1 aromatic heterocycles. The van der Waals surface area contributed by atoms with E-state index >= 15 is 0 Å². The van der Waals surface area contributed by atoms with Gasteiger partial charge in [0.25, 0.3) is 0 Å². The number of aromatic nitrogens is 2. The van der Waals surface area contributed by atoms with Crippen LogP contribution in [0.4, 0.5) is 5.69 Å². The second-order valence-corrected chi connectivity index (χ2v) is 5.20. The number of nitrogens with zero attached hydrogens (tertiary/aromatic N) is 1. The first-order valence-electron chi connectivity index (χ1n) is 7.15. The molecule has 6 nitrogen and oxygen atoms in total. The number of aromatic amines is 2. The molecule has 0 aliphatic rings. The van der Waals surface area contributed by atoms with Gasteiger partial charge in [-0.05, 0) is 42.3 Å². The third kappa shape index (κ3) is 3.47. The largest absolute Gasteiger partial charge is 0.326 e. The summed E-state index contributed by atoms with van der Waals surface area (Å²) >= 11 is 0. The molecule has 0 aliphatic carbocycles. The van der Waals surface area contributed by atoms with E-state index in [0.29, 0.717) is 35.1 Å². The fourth-order valence-corrected chi connectivity index (χ4v) is 2.34. The average molecular weight is 306 g/mol. The van der Waals surface area contributed by atoms with Crippen molar-refractivity contribution in [2.24, 2.45) is 0 Å². The molecule has 0 aliphatic heterocycles. The second-order valence-electron chi connectivity index (χ2n) is 5.20. The summed E-state index contributed by atoms with van der Waals surface area (Å²) < 4.78 is 0. The predicted molar refractivity (Wildman–Crippen MR) is 87.0 cm³/mol. The van der Waals surface area contributed by atoms with Gasteiger partial charge in [0.15, 0.2) is 0 Å². The van der Waals surface area contributed by atoms with Crippen molar-refractivity contribution in [1.82, 2.24) is 9.97 Å². The van der Waals surface area contributed by atoms with Gasteiger partial charge in [-0.1, -0.05) is 12.1 Å². The van der Waals surface area contributed by atoms with E-state index in [-0.39, 0.29) is 11.6 Å². The number of amides is 1. The number of hydrogen-bond donors (Lipinski definition) is 3. The van der Waals surface area contributed by atoms with Crippen molar-refractivity contribution < 1.29 is 4.79 Å². The zero-order valence-electron chi connectivity index (χ0n) is 12.2. The van der Waals surface area contributed by atoms with Gasteiger partial charge in [-0.3, -0.25) is 4.79 Å². The summed E-state index contributed by atoms with van der Waals surface area (Å²) in [7, 11) is 0. The van der Waals surface area contributed by atoms with Crippen molar-refractivity contribution >= 4 is 22.6 Å². The fourth-order valence-electron chi connectivity index (χ4n) is 2.34. The van der Waals surface area contributed by atoms with Crippen LogP contribution in [-0.4, -0.2) is 15.9 Å². The molecule has 3 rings (SSSR count). The first kappa shape index (κ1) is 14.6. The second kappa shape index (κ2) is 6.20. The van der Waals surface area contributed by atoms with Crippen molar-refractivity contribution in [2.45, 2.75) is 12.8 Å². The smallest absolute Gasteiger partial charge is 0.323 e. The lowest BCUT2D eigenvalue weighted by Crippen LogP contribution is -2.12. The summed E-state index contributed by atoms with van der Waals surface area (Å²) in [6.07, 6.45) is 0.939. The van der Waals surface area contributed by atoms with Crippen molar-refractivity contribution in [3.05, 3.63) is 64.1 Å². The van der Waals surface area contributed by atoms with Gasteiger partial charge in [0, 0.05) is 12.1 Å². The van der Waals surface area contributed by atoms with Crippen molar-refractivity contribution in [3.8, 4) is 6.07 Å². The number of rotatable bonds is 4. The van der Waals surface area contributed by atoms with Gasteiger partial charge in [0.2, 0.25) is 5.91 Å². The van der Waals surface area contributed by atoms with E-state index in [1.165, 1.54) is 0 Å². The average Bonchev–Trinajstić information content (AvgIpc) is 2.92. The number of nitrogens with one attached hydrogen (secondary N) is 3. The van der Waals surface area contributed by atoms with E-state index in [1.807, 2.05) is 12.1 Å². The van der Waals surface area contributed by atoms with Crippen molar-refractivity contribution in [2.75, 3.05) is 5.32 Å². The van der Waals surface area contributed by atoms with Crippen LogP contribution in [0.15, 0.2) is 47.3 Å². The molecule has 0 bridgehead atoms. The number of fused-ring (bicyclic) bond motifs is 1. The van der Waals surface area contributed by atoms with Crippen LogP contribution in [0.1, 0.15) is 17.5 Å². The Kier molecular flexibility index (Phi) is 3.93. The predicted octanol–water partition coefficient (Wildman–Crippen LogP) is 2.30. The minimum atomic E-state index is -0.274. The molecule has 1 heterocycles. The van der Waals surface area contributed by atoms with Gasteiger partial charge in [-0.15, -0.1) is 0 Å². The van der Waals surface area contributed by atoms with E-state index in [4.69, 9.17) is 5.26 Å². The van der Waals surface area contributed by atoms with Crippen LogP contribution >= 0.6 is 0 Å². The summed E-state index contributed by atoms with van der Waals surface area (Å²) in [5.41, 5.74) is 3.32. The summed E-state index contributed by atoms with van der Waals surface area (Å²) in [5, 5.41) is 11.6. The van der Waals surface area contributed by atoms with Gasteiger partial charge in [-0.25, -0.2) is 4.79 Å². The molecule has 23 heavy (non-hydrogen) atoms.